The van der Waals surface area contributed by atoms with Gasteiger partial charge in [0.15, 0.2) is 16.7 Å². The van der Waals surface area contributed by atoms with Crippen LogP contribution < -0.4 is 24.4 Å². The number of alkyl halides is 1. The van der Waals surface area contributed by atoms with E-state index >= 15 is 0 Å². The largest absolute Gasteiger partial charge is 0.493 e. The van der Waals surface area contributed by atoms with Crippen molar-refractivity contribution >= 4 is 45.8 Å². The number of aliphatic imine (C=N–C) groups is 1. The molecular weight excluding hydrogens is 567 g/mol. The van der Waals surface area contributed by atoms with Gasteiger partial charge in [-0.3, -0.25) is 4.79 Å². The second kappa shape index (κ2) is 15.3. The Morgan fingerprint density at radius 3 is 2.30 bits per heavy atom. The number of halogens is 4. The summed E-state index contributed by atoms with van der Waals surface area (Å²) in [6, 6.07) is 12.6. The van der Waals surface area contributed by atoms with Gasteiger partial charge in [-0.15, -0.1) is 11.6 Å². The van der Waals surface area contributed by atoms with E-state index in [1.807, 2.05) is 0 Å². The molecule has 7 nitrogen and oxygen atoms in total. The lowest BCUT2D eigenvalue weighted by atomic mass is 10.2. The fourth-order valence-electron chi connectivity index (χ4n) is 3.39. The molecule has 0 saturated carbocycles. The van der Waals surface area contributed by atoms with Crippen molar-refractivity contribution in [3.8, 4) is 17.2 Å². The molecule has 3 rings (SSSR count). The second-order valence-electron chi connectivity index (χ2n) is 8.28. The molecular formula is C28H29ClF3N3O4S. The molecule has 0 aliphatic carbocycles. The van der Waals surface area contributed by atoms with E-state index < -0.39 is 17.5 Å². The fraction of sp³-hybridized carbons (Fsp3) is 0.286. The van der Waals surface area contributed by atoms with Gasteiger partial charge in [0.2, 0.25) is 5.91 Å². The number of nitrogens with zero attached hydrogens (tertiary/aromatic N) is 2. The summed E-state index contributed by atoms with van der Waals surface area (Å²) in [5.41, 5.74) is 0.768. The van der Waals surface area contributed by atoms with E-state index in [2.05, 4.69) is 10.3 Å². The minimum absolute atomic E-state index is 0.0657. The van der Waals surface area contributed by atoms with Crippen molar-refractivity contribution in [3.63, 3.8) is 0 Å². The Hall–Kier alpha value is -3.57. The maximum atomic E-state index is 14.7. The predicted octanol–water partition coefficient (Wildman–Crippen LogP) is 6.30. The Labute approximate surface area is 240 Å². The number of nitrogens with one attached hydrogen (secondary N) is 1. The molecule has 40 heavy (non-hydrogen) atoms. The minimum atomic E-state index is -0.779. The number of thioether (sulfide) groups is 1. The maximum Gasteiger partial charge on any atom is 0.246 e. The molecule has 0 aliphatic rings. The van der Waals surface area contributed by atoms with Crippen molar-refractivity contribution in [2.75, 3.05) is 45.2 Å². The van der Waals surface area contributed by atoms with Crippen LogP contribution in [-0.4, -0.2) is 51.4 Å². The Morgan fingerprint density at radius 1 is 1.00 bits per heavy atom. The predicted molar refractivity (Wildman–Crippen MR) is 153 cm³/mol. The van der Waals surface area contributed by atoms with E-state index in [0.29, 0.717) is 35.2 Å². The summed E-state index contributed by atoms with van der Waals surface area (Å²) in [6.45, 7) is 0.0524. The molecule has 1 amide bonds. The van der Waals surface area contributed by atoms with E-state index in [4.69, 9.17) is 25.8 Å². The van der Waals surface area contributed by atoms with Crippen LogP contribution >= 0.6 is 23.4 Å². The van der Waals surface area contributed by atoms with Gasteiger partial charge in [-0.05, 0) is 42.8 Å². The van der Waals surface area contributed by atoms with Crippen LogP contribution in [0.5, 0.6) is 17.2 Å². The molecule has 0 aliphatic heterocycles. The molecule has 0 aromatic heterocycles. The van der Waals surface area contributed by atoms with Crippen molar-refractivity contribution in [2.45, 2.75) is 12.2 Å². The molecule has 3 aromatic carbocycles. The second-order valence-corrected chi connectivity index (χ2v) is 9.63. The quantitative estimate of drug-likeness (QED) is 0.115. The van der Waals surface area contributed by atoms with Crippen LogP contribution in [0, 0.1) is 17.5 Å². The van der Waals surface area contributed by atoms with Crippen molar-refractivity contribution in [1.29, 1.82) is 0 Å². The summed E-state index contributed by atoms with van der Waals surface area (Å²) in [5.74, 6) is -1.04. The molecule has 3 aromatic rings. The number of hydrogen-bond acceptors (Lipinski definition) is 6. The highest BCUT2D eigenvalue weighted by atomic mass is 35.5. The van der Waals surface area contributed by atoms with E-state index in [0.717, 1.165) is 23.9 Å². The van der Waals surface area contributed by atoms with Crippen molar-refractivity contribution < 1.29 is 32.2 Å². The number of ether oxygens (including phenoxy) is 3. The van der Waals surface area contributed by atoms with Gasteiger partial charge in [-0.25, -0.2) is 18.2 Å². The third-order valence-electron chi connectivity index (χ3n) is 5.59. The highest BCUT2D eigenvalue weighted by Gasteiger charge is 2.17. The average molecular weight is 596 g/mol. The van der Waals surface area contributed by atoms with E-state index in [9.17, 15) is 18.0 Å². The van der Waals surface area contributed by atoms with Gasteiger partial charge < -0.3 is 24.4 Å². The van der Waals surface area contributed by atoms with Crippen LogP contribution in [0.15, 0.2) is 59.6 Å². The lowest BCUT2D eigenvalue weighted by Crippen LogP contribution is -2.37. The van der Waals surface area contributed by atoms with Crippen molar-refractivity contribution in [2.24, 2.45) is 4.99 Å². The van der Waals surface area contributed by atoms with Crippen LogP contribution in [0.1, 0.15) is 12.0 Å². The first-order valence-electron chi connectivity index (χ1n) is 12.1. The number of benzene rings is 3. The number of likely N-dealkylation sites (N-methyl/N-ethyl adjacent to an activating group) is 1. The zero-order chi connectivity index (χ0) is 29.1. The standard InChI is InChI=1S/C28H29ClF3N3O4S/c1-35(20-9-10-25(37-2)26(13-20)38-3)27(36)16-33-28(34-19-7-5-18(30)6-8-19)40-17-22-23(31)14-21(15-24(22)32)39-12-4-11-29/h5-10,13-15H,4,11-12,16-17H2,1-3H3,(H,33,34). The first kappa shape index (κ1) is 31.0. The van der Waals surface area contributed by atoms with Gasteiger partial charge in [0.05, 0.1) is 33.1 Å². The zero-order valence-electron chi connectivity index (χ0n) is 22.2. The van der Waals surface area contributed by atoms with Crippen LogP contribution in [0.3, 0.4) is 0 Å². The number of anilines is 1. The first-order chi connectivity index (χ1) is 19.2. The molecule has 214 valence electrons. The third kappa shape index (κ3) is 8.72. The molecule has 0 spiro atoms. The van der Waals surface area contributed by atoms with Crippen LogP contribution in [0.25, 0.3) is 0 Å². The summed E-state index contributed by atoms with van der Waals surface area (Å²) in [7, 11) is 4.60. The zero-order valence-corrected chi connectivity index (χ0v) is 23.8. The van der Waals surface area contributed by atoms with E-state index in [1.165, 1.54) is 43.4 Å². The summed E-state index contributed by atoms with van der Waals surface area (Å²) < 4.78 is 58.7. The topological polar surface area (TPSA) is 72.4 Å². The highest BCUT2D eigenvalue weighted by Crippen LogP contribution is 2.31. The molecule has 0 bridgehead atoms. The number of amidine groups is 1. The number of amides is 1. The normalized spacial score (nSPS) is 11.2. The Bertz CT molecular complexity index is 1310. The van der Waals surface area contributed by atoms with Gasteiger partial charge in [-0.2, -0.15) is 0 Å². The smallest absolute Gasteiger partial charge is 0.246 e. The van der Waals surface area contributed by atoms with Gasteiger partial charge in [0.25, 0.3) is 0 Å². The van der Waals surface area contributed by atoms with Crippen LogP contribution in [0.2, 0.25) is 0 Å². The van der Waals surface area contributed by atoms with E-state index in [-0.39, 0.29) is 41.3 Å². The third-order valence-corrected chi connectivity index (χ3v) is 6.80. The first-order valence-corrected chi connectivity index (χ1v) is 13.6. The molecule has 0 atom stereocenters. The fourth-order valence-corrected chi connectivity index (χ4v) is 4.40. The molecule has 0 unspecified atom stereocenters. The SMILES string of the molecule is COc1ccc(N(C)C(=O)CNC(=Nc2ccc(F)cc2)SCc2c(F)cc(OCCCCl)cc2F)cc1OC. The average Bonchev–Trinajstić information content (AvgIpc) is 2.95. The molecule has 1 N–H and O–H groups in total. The monoisotopic (exact) mass is 595 g/mol. The van der Waals surface area contributed by atoms with Crippen molar-refractivity contribution in [1.82, 2.24) is 5.32 Å². The summed E-state index contributed by atoms with van der Waals surface area (Å²) in [5, 5.41) is 3.14. The number of methoxy groups -OCH3 is 2. The van der Waals surface area contributed by atoms with Gasteiger partial charge in [-0.1, -0.05) is 11.8 Å². The highest BCUT2D eigenvalue weighted by molar-refractivity contribution is 8.13. The molecule has 0 radical (unpaired) electrons. The molecule has 12 heteroatoms. The number of hydrogen-bond donors (Lipinski definition) is 1. The minimum Gasteiger partial charge on any atom is -0.493 e. The van der Waals surface area contributed by atoms with Crippen LogP contribution in [0.4, 0.5) is 24.5 Å². The summed E-state index contributed by atoms with van der Waals surface area (Å²) >= 11 is 6.60. The summed E-state index contributed by atoms with van der Waals surface area (Å²) in [6.07, 6.45) is 0.539. The van der Waals surface area contributed by atoms with Crippen molar-refractivity contribution in [3.05, 3.63) is 77.6 Å². The number of carbonyl (C=O) groups is 1. The molecule has 0 fully saturated rings. The molecule has 0 saturated heterocycles. The number of carbonyl (C=O) groups excluding carboxylic acids is 1. The Balaban J connectivity index is 1.74. The number of rotatable bonds is 12. The lowest BCUT2D eigenvalue weighted by Gasteiger charge is -2.20. The van der Waals surface area contributed by atoms with Crippen LogP contribution in [-0.2, 0) is 10.5 Å². The van der Waals surface area contributed by atoms with E-state index in [1.54, 1.807) is 25.2 Å². The summed E-state index contributed by atoms with van der Waals surface area (Å²) in [4.78, 5) is 18.8. The van der Waals surface area contributed by atoms with Gasteiger partial charge in [0.1, 0.15) is 23.2 Å². The Kier molecular flexibility index (Phi) is 11.8. The van der Waals surface area contributed by atoms with Gasteiger partial charge in [0, 0.05) is 48.1 Å². The maximum absolute atomic E-state index is 14.7. The van der Waals surface area contributed by atoms with Gasteiger partial charge >= 0.3 is 0 Å². The lowest BCUT2D eigenvalue weighted by molar-refractivity contribution is -0.117. The molecule has 0 heterocycles. The Morgan fingerprint density at radius 2 is 1.68 bits per heavy atom.